The maximum atomic E-state index is 12.4. The summed E-state index contributed by atoms with van der Waals surface area (Å²) in [6.45, 7) is 2.17. The van der Waals surface area contributed by atoms with Crippen LogP contribution in [0.4, 0.5) is 13.2 Å². The van der Waals surface area contributed by atoms with Gasteiger partial charge >= 0.3 is 6.18 Å². The molecular weight excluding hydrogens is 289 g/mol. The van der Waals surface area contributed by atoms with E-state index in [9.17, 15) is 18.0 Å². The van der Waals surface area contributed by atoms with Crippen LogP contribution in [0.3, 0.4) is 0 Å². The van der Waals surface area contributed by atoms with Crippen molar-refractivity contribution in [1.82, 2.24) is 0 Å². The second kappa shape index (κ2) is 9.30. The normalized spacial score (nSPS) is 10.9. The topological polar surface area (TPSA) is 17.1 Å². The van der Waals surface area contributed by atoms with E-state index in [0.29, 0.717) is 6.42 Å². The molecule has 1 aromatic carbocycles. The Kier molecular flexibility index (Phi) is 7.73. The molecule has 0 aliphatic rings. The summed E-state index contributed by atoms with van der Waals surface area (Å²) in [5, 5.41) is 0. The maximum absolute atomic E-state index is 12.4. The molecule has 1 aromatic rings. The van der Waals surface area contributed by atoms with Gasteiger partial charge in [-0.3, -0.25) is 4.79 Å². The molecule has 1 nitrogen and oxygen atoms in total. The van der Waals surface area contributed by atoms with Gasteiger partial charge in [0.1, 0.15) is 0 Å². The van der Waals surface area contributed by atoms with Crippen LogP contribution in [-0.4, -0.2) is 5.78 Å². The number of hydrogen-bond donors (Lipinski definition) is 0. The number of Topliss-reactive ketones (excluding diaryl/α,β-unsaturated/α-hetero) is 1. The van der Waals surface area contributed by atoms with Crippen molar-refractivity contribution in [3.8, 4) is 11.8 Å². The summed E-state index contributed by atoms with van der Waals surface area (Å²) in [7, 11) is 0. The third-order valence-corrected chi connectivity index (χ3v) is 3.33. The minimum absolute atomic E-state index is 0.198. The van der Waals surface area contributed by atoms with Gasteiger partial charge in [-0.05, 0) is 36.6 Å². The van der Waals surface area contributed by atoms with E-state index in [1.54, 1.807) is 0 Å². The van der Waals surface area contributed by atoms with Gasteiger partial charge in [-0.1, -0.05) is 44.9 Å². The fraction of sp³-hybridized carbons (Fsp3) is 0.500. The molecular formula is C18H21F3O. The molecule has 0 saturated heterocycles. The highest BCUT2D eigenvalue weighted by atomic mass is 19.4. The van der Waals surface area contributed by atoms with Gasteiger partial charge in [0, 0.05) is 12.0 Å². The van der Waals surface area contributed by atoms with Crippen LogP contribution in [0, 0.1) is 11.8 Å². The summed E-state index contributed by atoms with van der Waals surface area (Å²) in [5.74, 6) is 4.86. The Morgan fingerprint density at radius 3 is 2.18 bits per heavy atom. The molecule has 0 aliphatic heterocycles. The average Bonchev–Trinajstić information content (AvgIpc) is 2.49. The van der Waals surface area contributed by atoms with Gasteiger partial charge in [-0.2, -0.15) is 13.2 Å². The number of unbranched alkanes of at least 4 members (excludes halogenated alkanes) is 6. The van der Waals surface area contributed by atoms with Crippen LogP contribution in [0.25, 0.3) is 0 Å². The fourth-order valence-electron chi connectivity index (χ4n) is 2.02. The molecule has 0 saturated carbocycles. The molecule has 0 fully saturated rings. The molecule has 0 amide bonds. The Bertz CT molecular complexity index is 518. The Hall–Kier alpha value is -1.76. The maximum Gasteiger partial charge on any atom is 0.416 e. The van der Waals surface area contributed by atoms with Gasteiger partial charge in [-0.25, -0.2) is 0 Å². The predicted molar refractivity (Wildman–Crippen MR) is 81.5 cm³/mol. The number of halogens is 3. The van der Waals surface area contributed by atoms with E-state index in [1.807, 2.05) is 0 Å². The number of carbonyl (C=O) groups is 1. The van der Waals surface area contributed by atoms with E-state index in [0.717, 1.165) is 25.0 Å². The monoisotopic (exact) mass is 310 g/mol. The largest absolute Gasteiger partial charge is 0.416 e. The lowest BCUT2D eigenvalue weighted by Gasteiger charge is -2.05. The molecule has 0 spiro atoms. The van der Waals surface area contributed by atoms with E-state index in [1.165, 1.54) is 37.8 Å². The summed E-state index contributed by atoms with van der Waals surface area (Å²) in [5.41, 5.74) is -0.562. The number of hydrogen-bond acceptors (Lipinski definition) is 1. The van der Waals surface area contributed by atoms with Crippen molar-refractivity contribution in [3.63, 3.8) is 0 Å². The highest BCUT2D eigenvalue weighted by Crippen LogP contribution is 2.29. The van der Waals surface area contributed by atoms with Crippen LogP contribution in [0.5, 0.6) is 0 Å². The second-order valence-electron chi connectivity index (χ2n) is 5.22. The molecule has 0 unspecified atom stereocenters. The fourth-order valence-corrected chi connectivity index (χ4v) is 2.02. The van der Waals surface area contributed by atoms with Crippen molar-refractivity contribution in [3.05, 3.63) is 35.4 Å². The summed E-state index contributed by atoms with van der Waals surface area (Å²) in [6, 6.07) is 4.15. The van der Waals surface area contributed by atoms with Crippen LogP contribution in [-0.2, 0) is 6.18 Å². The van der Waals surface area contributed by atoms with E-state index in [4.69, 9.17) is 0 Å². The van der Waals surface area contributed by atoms with Gasteiger partial charge < -0.3 is 0 Å². The van der Waals surface area contributed by atoms with E-state index < -0.39 is 17.5 Å². The number of alkyl halides is 3. The van der Waals surface area contributed by atoms with Crippen LogP contribution < -0.4 is 0 Å². The van der Waals surface area contributed by atoms with Gasteiger partial charge in [0.25, 0.3) is 0 Å². The summed E-state index contributed by atoms with van der Waals surface area (Å²) >= 11 is 0. The highest BCUT2D eigenvalue weighted by molar-refractivity contribution is 6.08. The first kappa shape index (κ1) is 18.3. The first-order valence-corrected chi connectivity index (χ1v) is 7.65. The Morgan fingerprint density at radius 2 is 1.59 bits per heavy atom. The van der Waals surface area contributed by atoms with Crippen molar-refractivity contribution in [2.45, 2.75) is 58.0 Å². The quantitative estimate of drug-likeness (QED) is 0.275. The predicted octanol–water partition coefficient (Wildman–Crippen LogP) is 5.64. The molecule has 0 N–H and O–H groups in total. The van der Waals surface area contributed by atoms with Crippen molar-refractivity contribution in [2.75, 3.05) is 0 Å². The Balaban J connectivity index is 2.38. The third kappa shape index (κ3) is 6.80. The van der Waals surface area contributed by atoms with Crippen LogP contribution in [0.2, 0.25) is 0 Å². The first-order valence-electron chi connectivity index (χ1n) is 7.65. The van der Waals surface area contributed by atoms with Crippen molar-refractivity contribution in [1.29, 1.82) is 0 Å². The minimum atomic E-state index is -4.38. The van der Waals surface area contributed by atoms with Crippen LogP contribution in [0.15, 0.2) is 24.3 Å². The van der Waals surface area contributed by atoms with E-state index in [-0.39, 0.29) is 5.56 Å². The van der Waals surface area contributed by atoms with Gasteiger partial charge in [-0.15, -0.1) is 0 Å². The summed E-state index contributed by atoms with van der Waals surface area (Å²) in [4.78, 5) is 11.7. The molecule has 0 atom stereocenters. The van der Waals surface area contributed by atoms with E-state index in [2.05, 4.69) is 18.8 Å². The average molecular weight is 310 g/mol. The minimum Gasteiger partial charge on any atom is -0.279 e. The highest BCUT2D eigenvalue weighted by Gasteiger charge is 2.30. The van der Waals surface area contributed by atoms with Crippen molar-refractivity contribution in [2.24, 2.45) is 0 Å². The third-order valence-electron chi connectivity index (χ3n) is 3.33. The lowest BCUT2D eigenvalue weighted by Crippen LogP contribution is -2.05. The van der Waals surface area contributed by atoms with Gasteiger partial charge in [0.15, 0.2) is 0 Å². The van der Waals surface area contributed by atoms with Crippen molar-refractivity contribution >= 4 is 5.78 Å². The molecule has 0 heterocycles. The molecule has 22 heavy (non-hydrogen) atoms. The number of carbonyl (C=O) groups excluding carboxylic acids is 1. The molecule has 120 valence electrons. The molecule has 0 aliphatic carbocycles. The summed E-state index contributed by atoms with van der Waals surface area (Å²) in [6.07, 6.45) is 3.19. The molecule has 4 heteroatoms. The first-order chi connectivity index (χ1) is 10.4. The number of rotatable bonds is 7. The second-order valence-corrected chi connectivity index (χ2v) is 5.22. The SMILES string of the molecule is CCCCCCCCC#CC(=O)c1ccc(C(F)(F)F)cc1. The lowest BCUT2D eigenvalue weighted by molar-refractivity contribution is -0.137. The number of ketones is 1. The zero-order valence-electron chi connectivity index (χ0n) is 12.8. The Morgan fingerprint density at radius 1 is 1.00 bits per heavy atom. The lowest BCUT2D eigenvalue weighted by atomic mass is 10.1. The standard InChI is InChI=1S/C18H21F3O/c1-2-3-4-5-6-7-8-9-10-17(22)15-11-13-16(14-12-15)18(19,20)21/h11-14H,2-8H2,1H3. The smallest absolute Gasteiger partial charge is 0.279 e. The molecule has 1 rings (SSSR count). The molecule has 0 radical (unpaired) electrons. The van der Waals surface area contributed by atoms with Gasteiger partial charge in [0.05, 0.1) is 5.56 Å². The molecule has 0 aromatic heterocycles. The van der Waals surface area contributed by atoms with Gasteiger partial charge in [0.2, 0.25) is 5.78 Å². The van der Waals surface area contributed by atoms with E-state index >= 15 is 0 Å². The Labute approximate surface area is 129 Å². The van der Waals surface area contributed by atoms with Crippen LogP contribution in [0.1, 0.15) is 67.8 Å². The number of benzene rings is 1. The molecule has 0 bridgehead atoms. The zero-order chi connectivity index (χ0) is 16.4. The van der Waals surface area contributed by atoms with Crippen molar-refractivity contribution < 1.29 is 18.0 Å². The summed E-state index contributed by atoms with van der Waals surface area (Å²) < 4.78 is 37.2. The zero-order valence-corrected chi connectivity index (χ0v) is 12.8. The van der Waals surface area contributed by atoms with Crippen LogP contribution >= 0.6 is 0 Å².